The topological polar surface area (TPSA) is 83.0 Å². The van der Waals surface area contributed by atoms with Crippen LogP contribution in [0.3, 0.4) is 0 Å². The molecule has 1 unspecified atom stereocenters. The van der Waals surface area contributed by atoms with Crippen molar-refractivity contribution in [2.75, 3.05) is 6.61 Å². The third-order valence-electron chi connectivity index (χ3n) is 4.11. The number of imidazole rings is 1. The van der Waals surface area contributed by atoms with Crippen LogP contribution in [0.2, 0.25) is 0 Å². The van der Waals surface area contributed by atoms with Crippen LogP contribution in [0.4, 0.5) is 0 Å². The Labute approximate surface area is 132 Å². The molecule has 7 heteroatoms. The quantitative estimate of drug-likeness (QED) is 0.916. The average molecular weight is 318 g/mol. The maximum Gasteiger partial charge on any atom is 0.268 e. The van der Waals surface area contributed by atoms with E-state index in [0.717, 1.165) is 48.8 Å². The summed E-state index contributed by atoms with van der Waals surface area (Å²) in [6.07, 6.45) is 6.33. The standard InChI is InChI=1S/C15H18N4O2S/c16-13(20)11-7-19(14(18-11)9-3-4-9)6-10-8-22-15(17-10)12-2-1-5-21-12/h7-9,12H,1-6H2,(H2,16,20). The van der Waals surface area contributed by atoms with Gasteiger partial charge in [-0.05, 0) is 25.7 Å². The number of thiazole rings is 1. The van der Waals surface area contributed by atoms with E-state index in [1.807, 2.05) is 4.57 Å². The summed E-state index contributed by atoms with van der Waals surface area (Å²) in [6.45, 7) is 1.46. The van der Waals surface area contributed by atoms with Crippen LogP contribution < -0.4 is 5.73 Å². The predicted octanol–water partition coefficient (Wildman–Crippen LogP) is 2.22. The molecule has 1 saturated carbocycles. The minimum Gasteiger partial charge on any atom is -0.371 e. The lowest BCUT2D eigenvalue weighted by Gasteiger charge is -2.05. The van der Waals surface area contributed by atoms with Crippen LogP contribution in [0.15, 0.2) is 11.6 Å². The zero-order valence-corrected chi connectivity index (χ0v) is 13.0. The summed E-state index contributed by atoms with van der Waals surface area (Å²) < 4.78 is 7.70. The summed E-state index contributed by atoms with van der Waals surface area (Å²) in [5.74, 6) is 0.948. The van der Waals surface area contributed by atoms with E-state index in [2.05, 4.69) is 10.4 Å². The van der Waals surface area contributed by atoms with E-state index in [1.165, 1.54) is 0 Å². The Morgan fingerprint density at radius 2 is 2.27 bits per heavy atom. The van der Waals surface area contributed by atoms with Crippen molar-refractivity contribution in [2.24, 2.45) is 5.73 Å². The lowest BCUT2D eigenvalue weighted by molar-refractivity contribution is 0.0996. The first-order valence-electron chi connectivity index (χ1n) is 7.63. The van der Waals surface area contributed by atoms with Gasteiger partial charge in [0, 0.05) is 24.1 Å². The maximum absolute atomic E-state index is 11.4. The van der Waals surface area contributed by atoms with E-state index in [1.54, 1.807) is 17.5 Å². The number of amides is 1. The minimum absolute atomic E-state index is 0.158. The molecule has 0 radical (unpaired) electrons. The van der Waals surface area contributed by atoms with Crippen LogP contribution in [0.25, 0.3) is 0 Å². The summed E-state index contributed by atoms with van der Waals surface area (Å²) in [4.78, 5) is 20.4. The highest BCUT2D eigenvalue weighted by atomic mass is 32.1. The smallest absolute Gasteiger partial charge is 0.268 e. The number of rotatable bonds is 5. The Balaban J connectivity index is 1.56. The van der Waals surface area contributed by atoms with Gasteiger partial charge in [-0.2, -0.15) is 0 Å². The second kappa shape index (κ2) is 5.48. The molecular formula is C15H18N4O2S. The zero-order valence-electron chi connectivity index (χ0n) is 12.2. The first kappa shape index (κ1) is 13.9. The number of carbonyl (C=O) groups excluding carboxylic acids is 1. The van der Waals surface area contributed by atoms with Gasteiger partial charge in [0.05, 0.1) is 12.2 Å². The number of aromatic nitrogens is 3. The Kier molecular flexibility index (Phi) is 3.46. The van der Waals surface area contributed by atoms with Crippen LogP contribution in [0.5, 0.6) is 0 Å². The van der Waals surface area contributed by atoms with E-state index >= 15 is 0 Å². The molecular weight excluding hydrogens is 300 g/mol. The average Bonchev–Trinajstić information content (AvgIpc) is 2.96. The number of primary amides is 1. The van der Waals surface area contributed by atoms with E-state index in [-0.39, 0.29) is 6.10 Å². The van der Waals surface area contributed by atoms with Gasteiger partial charge in [0.15, 0.2) is 0 Å². The molecule has 1 saturated heterocycles. The number of hydrogen-bond donors (Lipinski definition) is 1. The largest absolute Gasteiger partial charge is 0.371 e. The van der Waals surface area contributed by atoms with Crippen molar-refractivity contribution in [1.82, 2.24) is 14.5 Å². The molecule has 2 aliphatic rings. The van der Waals surface area contributed by atoms with Gasteiger partial charge >= 0.3 is 0 Å². The number of hydrogen-bond acceptors (Lipinski definition) is 5. The molecule has 2 fully saturated rings. The Morgan fingerprint density at radius 3 is 2.95 bits per heavy atom. The molecule has 3 heterocycles. The SMILES string of the molecule is NC(=O)c1cn(Cc2csc(C3CCCO3)n2)c(C2CC2)n1. The Bertz CT molecular complexity index is 698. The van der Waals surface area contributed by atoms with Gasteiger partial charge in [0.1, 0.15) is 22.6 Å². The summed E-state index contributed by atoms with van der Waals surface area (Å²) in [5, 5.41) is 3.12. The highest BCUT2D eigenvalue weighted by molar-refractivity contribution is 7.09. The maximum atomic E-state index is 11.4. The summed E-state index contributed by atoms with van der Waals surface area (Å²) in [6, 6.07) is 0. The fourth-order valence-electron chi connectivity index (χ4n) is 2.83. The molecule has 2 aromatic heterocycles. The number of nitrogens with zero attached hydrogens (tertiary/aromatic N) is 3. The molecule has 2 N–H and O–H groups in total. The van der Waals surface area contributed by atoms with Crippen molar-refractivity contribution in [3.8, 4) is 0 Å². The van der Waals surface area contributed by atoms with Gasteiger partial charge in [-0.25, -0.2) is 9.97 Å². The van der Waals surface area contributed by atoms with Crippen LogP contribution >= 0.6 is 11.3 Å². The molecule has 1 amide bonds. The molecule has 1 atom stereocenters. The van der Waals surface area contributed by atoms with E-state index in [9.17, 15) is 4.79 Å². The van der Waals surface area contributed by atoms with Crippen LogP contribution in [0.1, 0.15) is 64.7 Å². The van der Waals surface area contributed by atoms with Crippen LogP contribution in [0, 0.1) is 0 Å². The second-order valence-corrected chi connectivity index (χ2v) is 6.82. The third kappa shape index (κ3) is 2.66. The minimum atomic E-state index is -0.473. The van der Waals surface area contributed by atoms with Gasteiger partial charge in [0.2, 0.25) is 0 Å². The van der Waals surface area contributed by atoms with Crippen LogP contribution in [-0.2, 0) is 11.3 Å². The highest BCUT2D eigenvalue weighted by Crippen LogP contribution is 2.39. The summed E-state index contributed by atoms with van der Waals surface area (Å²) in [5.41, 5.74) is 6.69. The fourth-order valence-corrected chi connectivity index (χ4v) is 3.72. The molecule has 1 aliphatic heterocycles. The Morgan fingerprint density at radius 1 is 1.41 bits per heavy atom. The predicted molar refractivity (Wildman–Crippen MR) is 81.9 cm³/mol. The van der Waals surface area contributed by atoms with Crippen molar-refractivity contribution in [2.45, 2.75) is 44.2 Å². The molecule has 2 aromatic rings. The van der Waals surface area contributed by atoms with Crippen molar-refractivity contribution >= 4 is 17.2 Å². The molecule has 4 rings (SSSR count). The normalized spacial score (nSPS) is 21.4. The lowest BCUT2D eigenvalue weighted by atomic mass is 10.2. The molecule has 22 heavy (non-hydrogen) atoms. The molecule has 0 aromatic carbocycles. The number of ether oxygens (including phenoxy) is 1. The molecule has 0 bridgehead atoms. The number of nitrogens with two attached hydrogens (primary N) is 1. The van der Waals surface area contributed by atoms with Crippen molar-refractivity contribution in [3.63, 3.8) is 0 Å². The fraction of sp³-hybridized carbons (Fsp3) is 0.533. The molecule has 1 aliphatic carbocycles. The monoisotopic (exact) mass is 318 g/mol. The first-order chi connectivity index (χ1) is 10.7. The zero-order chi connectivity index (χ0) is 15.1. The van der Waals surface area contributed by atoms with Crippen molar-refractivity contribution < 1.29 is 9.53 Å². The molecule has 6 nitrogen and oxygen atoms in total. The van der Waals surface area contributed by atoms with Gasteiger partial charge in [-0.3, -0.25) is 4.79 Å². The first-order valence-corrected chi connectivity index (χ1v) is 8.51. The summed E-state index contributed by atoms with van der Waals surface area (Å²) >= 11 is 1.65. The summed E-state index contributed by atoms with van der Waals surface area (Å²) in [7, 11) is 0. The highest BCUT2D eigenvalue weighted by Gasteiger charge is 2.30. The number of carbonyl (C=O) groups is 1. The Hall–Kier alpha value is -1.73. The van der Waals surface area contributed by atoms with E-state index in [4.69, 9.17) is 15.5 Å². The lowest BCUT2D eigenvalue weighted by Crippen LogP contribution is -2.11. The van der Waals surface area contributed by atoms with Crippen LogP contribution in [-0.4, -0.2) is 27.0 Å². The second-order valence-electron chi connectivity index (χ2n) is 5.93. The van der Waals surface area contributed by atoms with Crippen molar-refractivity contribution in [3.05, 3.63) is 33.8 Å². The molecule has 0 spiro atoms. The third-order valence-corrected chi connectivity index (χ3v) is 5.09. The van der Waals surface area contributed by atoms with E-state index in [0.29, 0.717) is 18.2 Å². The van der Waals surface area contributed by atoms with Gasteiger partial charge in [-0.1, -0.05) is 0 Å². The van der Waals surface area contributed by atoms with Gasteiger partial charge < -0.3 is 15.0 Å². The van der Waals surface area contributed by atoms with Crippen molar-refractivity contribution in [1.29, 1.82) is 0 Å². The molecule has 116 valence electrons. The van der Waals surface area contributed by atoms with Gasteiger partial charge in [-0.15, -0.1) is 11.3 Å². The van der Waals surface area contributed by atoms with Gasteiger partial charge in [0.25, 0.3) is 5.91 Å². The van der Waals surface area contributed by atoms with E-state index < -0.39 is 5.91 Å².